The average molecular weight is 327 g/mol. The van der Waals surface area contributed by atoms with Crippen LogP contribution >= 0.6 is 15.9 Å². The van der Waals surface area contributed by atoms with Gasteiger partial charge in [0.05, 0.1) is 6.04 Å². The molecular weight excluding hydrogens is 311 g/mol. The summed E-state index contributed by atoms with van der Waals surface area (Å²) in [6, 6.07) is 4.57. The van der Waals surface area contributed by atoms with Gasteiger partial charge in [0.1, 0.15) is 11.6 Å². The van der Waals surface area contributed by atoms with E-state index in [9.17, 15) is 4.39 Å². The highest BCUT2D eigenvalue weighted by molar-refractivity contribution is 9.10. The second-order valence-corrected chi connectivity index (χ2v) is 5.17. The van der Waals surface area contributed by atoms with E-state index < -0.39 is 0 Å². The van der Waals surface area contributed by atoms with Crippen LogP contribution in [0.25, 0.3) is 0 Å². The molecule has 2 aromatic rings. The van der Waals surface area contributed by atoms with Crippen LogP contribution in [-0.2, 0) is 13.0 Å². The van der Waals surface area contributed by atoms with Crippen LogP contribution in [-0.4, -0.2) is 9.55 Å². The van der Waals surface area contributed by atoms with Crippen LogP contribution in [0.1, 0.15) is 24.4 Å². The minimum Gasteiger partial charge on any atom is -0.335 e. The SMILES string of the molecule is CCn1ccnc1CC(NN)c1cc(F)cc(Br)c1. The lowest BCUT2D eigenvalue weighted by Crippen LogP contribution is -2.30. The van der Waals surface area contributed by atoms with Crippen LogP contribution in [0.15, 0.2) is 35.1 Å². The van der Waals surface area contributed by atoms with Gasteiger partial charge in [-0.05, 0) is 30.7 Å². The fourth-order valence-corrected chi connectivity index (χ4v) is 2.53. The van der Waals surface area contributed by atoms with Gasteiger partial charge >= 0.3 is 0 Å². The van der Waals surface area contributed by atoms with E-state index in [1.54, 1.807) is 6.20 Å². The Hall–Kier alpha value is -1.24. The zero-order valence-electron chi connectivity index (χ0n) is 10.6. The maximum Gasteiger partial charge on any atom is 0.124 e. The third kappa shape index (κ3) is 3.40. The highest BCUT2D eigenvalue weighted by Crippen LogP contribution is 2.22. The van der Waals surface area contributed by atoms with Crippen LogP contribution in [0.3, 0.4) is 0 Å². The molecule has 1 atom stereocenters. The molecule has 102 valence electrons. The number of aromatic nitrogens is 2. The van der Waals surface area contributed by atoms with E-state index in [4.69, 9.17) is 5.84 Å². The van der Waals surface area contributed by atoms with Crippen molar-refractivity contribution < 1.29 is 4.39 Å². The number of hydrazine groups is 1. The van der Waals surface area contributed by atoms with Crippen molar-refractivity contribution in [3.8, 4) is 0 Å². The minimum absolute atomic E-state index is 0.181. The molecule has 0 saturated carbocycles. The Morgan fingerprint density at radius 1 is 1.47 bits per heavy atom. The average Bonchev–Trinajstić information content (AvgIpc) is 2.81. The Morgan fingerprint density at radius 3 is 2.89 bits per heavy atom. The van der Waals surface area contributed by atoms with Gasteiger partial charge in [-0.15, -0.1) is 0 Å². The highest BCUT2D eigenvalue weighted by Gasteiger charge is 2.15. The number of rotatable bonds is 5. The largest absolute Gasteiger partial charge is 0.335 e. The molecule has 3 N–H and O–H groups in total. The van der Waals surface area contributed by atoms with E-state index in [1.807, 2.05) is 16.8 Å². The molecule has 0 radical (unpaired) electrons. The molecule has 0 bridgehead atoms. The Morgan fingerprint density at radius 2 is 2.26 bits per heavy atom. The molecule has 2 rings (SSSR count). The van der Waals surface area contributed by atoms with Gasteiger partial charge in [0.15, 0.2) is 0 Å². The molecule has 0 aliphatic carbocycles. The van der Waals surface area contributed by atoms with Crippen molar-refractivity contribution in [3.05, 3.63) is 52.3 Å². The first-order chi connectivity index (χ1) is 9.13. The van der Waals surface area contributed by atoms with Crippen LogP contribution in [0.4, 0.5) is 4.39 Å². The Labute approximate surface area is 119 Å². The summed E-state index contributed by atoms with van der Waals surface area (Å²) in [7, 11) is 0. The minimum atomic E-state index is -0.288. The van der Waals surface area contributed by atoms with Gasteiger partial charge in [-0.1, -0.05) is 15.9 Å². The number of benzene rings is 1. The fourth-order valence-electron chi connectivity index (χ4n) is 2.05. The molecule has 0 spiro atoms. The van der Waals surface area contributed by atoms with Crippen molar-refractivity contribution in [2.75, 3.05) is 0 Å². The zero-order valence-corrected chi connectivity index (χ0v) is 12.2. The second kappa shape index (κ2) is 6.27. The lowest BCUT2D eigenvalue weighted by atomic mass is 10.0. The van der Waals surface area contributed by atoms with Crippen molar-refractivity contribution in [1.82, 2.24) is 15.0 Å². The highest BCUT2D eigenvalue weighted by atomic mass is 79.9. The van der Waals surface area contributed by atoms with E-state index in [0.29, 0.717) is 10.9 Å². The molecule has 0 aliphatic heterocycles. The van der Waals surface area contributed by atoms with Crippen molar-refractivity contribution in [2.45, 2.75) is 25.9 Å². The summed E-state index contributed by atoms with van der Waals surface area (Å²) in [6.45, 7) is 2.90. The maximum absolute atomic E-state index is 13.4. The van der Waals surface area contributed by atoms with Crippen LogP contribution in [0.2, 0.25) is 0 Å². The van der Waals surface area contributed by atoms with Gasteiger partial charge in [-0.2, -0.15) is 0 Å². The monoisotopic (exact) mass is 326 g/mol. The van der Waals surface area contributed by atoms with Gasteiger partial charge in [-0.3, -0.25) is 11.3 Å². The molecule has 4 nitrogen and oxygen atoms in total. The Balaban J connectivity index is 2.25. The predicted octanol–water partition coefficient (Wildman–Crippen LogP) is 2.55. The molecule has 19 heavy (non-hydrogen) atoms. The van der Waals surface area contributed by atoms with Gasteiger partial charge < -0.3 is 4.57 Å². The van der Waals surface area contributed by atoms with Gasteiger partial charge in [0.2, 0.25) is 0 Å². The first-order valence-electron chi connectivity index (χ1n) is 6.06. The van der Waals surface area contributed by atoms with E-state index in [0.717, 1.165) is 17.9 Å². The molecule has 1 aromatic heterocycles. The molecular formula is C13H16BrFN4. The lowest BCUT2D eigenvalue weighted by molar-refractivity contribution is 0.518. The summed E-state index contributed by atoms with van der Waals surface area (Å²) >= 11 is 3.29. The molecule has 0 fully saturated rings. The molecule has 1 aromatic carbocycles. The molecule has 0 saturated heterocycles. The third-order valence-electron chi connectivity index (χ3n) is 3.02. The number of nitrogens with zero attached hydrogens (tertiary/aromatic N) is 2. The first-order valence-corrected chi connectivity index (χ1v) is 6.85. The van der Waals surface area contributed by atoms with Crippen molar-refractivity contribution >= 4 is 15.9 Å². The quantitative estimate of drug-likeness (QED) is 0.655. The first kappa shape index (κ1) is 14.2. The smallest absolute Gasteiger partial charge is 0.124 e. The number of nitrogens with two attached hydrogens (primary N) is 1. The molecule has 0 amide bonds. The van der Waals surface area contributed by atoms with Crippen molar-refractivity contribution in [2.24, 2.45) is 5.84 Å². The van der Waals surface area contributed by atoms with Gasteiger partial charge in [0.25, 0.3) is 0 Å². The standard InChI is InChI=1S/C13H16BrFN4/c1-2-19-4-3-17-13(19)8-12(18-16)9-5-10(14)7-11(15)6-9/h3-7,12,18H,2,8,16H2,1H3. The Bertz CT molecular complexity index is 535. The topological polar surface area (TPSA) is 55.9 Å². The summed E-state index contributed by atoms with van der Waals surface area (Å²) in [5.74, 6) is 6.22. The van der Waals surface area contributed by atoms with E-state index >= 15 is 0 Å². The van der Waals surface area contributed by atoms with Gasteiger partial charge in [0, 0.05) is 29.8 Å². The van der Waals surface area contributed by atoms with Crippen LogP contribution < -0.4 is 11.3 Å². The number of nitrogens with one attached hydrogen (secondary N) is 1. The predicted molar refractivity (Wildman–Crippen MR) is 75.8 cm³/mol. The zero-order chi connectivity index (χ0) is 13.8. The van der Waals surface area contributed by atoms with Crippen molar-refractivity contribution in [3.63, 3.8) is 0 Å². The summed E-state index contributed by atoms with van der Waals surface area (Å²) in [5, 5.41) is 0. The summed E-state index contributed by atoms with van der Waals surface area (Å²) in [4.78, 5) is 4.31. The number of imidazole rings is 1. The lowest BCUT2D eigenvalue weighted by Gasteiger charge is -2.17. The normalized spacial score (nSPS) is 12.6. The van der Waals surface area contributed by atoms with Crippen LogP contribution in [0.5, 0.6) is 0 Å². The number of aryl methyl sites for hydroxylation is 1. The molecule has 0 aliphatic rings. The number of hydrogen-bond acceptors (Lipinski definition) is 3. The summed E-state index contributed by atoms with van der Waals surface area (Å²) in [6.07, 6.45) is 4.28. The Kier molecular flexibility index (Phi) is 4.68. The van der Waals surface area contributed by atoms with Crippen LogP contribution in [0, 0.1) is 5.82 Å². The fraction of sp³-hybridized carbons (Fsp3) is 0.308. The third-order valence-corrected chi connectivity index (χ3v) is 3.48. The molecule has 1 heterocycles. The van der Waals surface area contributed by atoms with E-state index in [1.165, 1.54) is 12.1 Å². The van der Waals surface area contributed by atoms with E-state index in [2.05, 4.69) is 33.3 Å². The molecule has 1 unspecified atom stereocenters. The maximum atomic E-state index is 13.4. The van der Waals surface area contributed by atoms with Crippen molar-refractivity contribution in [1.29, 1.82) is 0 Å². The van der Waals surface area contributed by atoms with E-state index in [-0.39, 0.29) is 11.9 Å². The summed E-state index contributed by atoms with van der Waals surface area (Å²) < 4.78 is 16.2. The summed E-state index contributed by atoms with van der Waals surface area (Å²) in [5.41, 5.74) is 3.51. The number of halogens is 2. The van der Waals surface area contributed by atoms with Gasteiger partial charge in [-0.25, -0.2) is 9.37 Å². The molecule has 6 heteroatoms. The second-order valence-electron chi connectivity index (χ2n) is 4.26. The number of hydrogen-bond donors (Lipinski definition) is 2.